The zero-order valence-electron chi connectivity index (χ0n) is 14.8. The highest BCUT2D eigenvalue weighted by Crippen LogP contribution is 2.12. The van der Waals surface area contributed by atoms with Crippen LogP contribution in [0.4, 0.5) is 0 Å². The van der Waals surface area contributed by atoms with Crippen LogP contribution < -0.4 is 0 Å². The van der Waals surface area contributed by atoms with E-state index in [1.165, 1.54) is 70.6 Å². The Bertz CT molecular complexity index is 270. The molecular weight excluding hydrogens is 272 g/mol. The van der Waals surface area contributed by atoms with Gasteiger partial charge in [0, 0.05) is 13.0 Å². The monoisotopic (exact) mass is 310 g/mol. The van der Waals surface area contributed by atoms with Crippen LogP contribution in [0.5, 0.6) is 0 Å². The maximum absolute atomic E-state index is 8.69. The molecule has 0 aromatic heterocycles. The van der Waals surface area contributed by atoms with Crippen LogP contribution in [0.1, 0.15) is 83.5 Å². The molecular formula is C19H38OSi. The second-order valence-electron chi connectivity index (χ2n) is 7.27. The van der Waals surface area contributed by atoms with E-state index < -0.39 is 8.07 Å². The normalized spacial score (nSPS) is 11.2. The summed E-state index contributed by atoms with van der Waals surface area (Å²) in [5.41, 5.74) is 3.44. The van der Waals surface area contributed by atoms with Crippen molar-refractivity contribution >= 4 is 8.07 Å². The third kappa shape index (κ3) is 19.7. The van der Waals surface area contributed by atoms with Gasteiger partial charge in [0.25, 0.3) is 0 Å². The van der Waals surface area contributed by atoms with E-state index in [0.29, 0.717) is 6.61 Å². The Kier molecular flexibility index (Phi) is 14.5. The fourth-order valence-electron chi connectivity index (χ4n) is 2.42. The second-order valence-corrected chi connectivity index (χ2v) is 12.0. The number of hydrogen-bond donors (Lipinski definition) is 1. The van der Waals surface area contributed by atoms with Crippen LogP contribution in [0.2, 0.25) is 19.6 Å². The number of aliphatic hydroxyl groups is 1. The fraction of sp³-hybridized carbons (Fsp3) is 0.895. The molecule has 0 radical (unpaired) electrons. The summed E-state index contributed by atoms with van der Waals surface area (Å²) in [6, 6.07) is 0. The molecule has 0 spiro atoms. The van der Waals surface area contributed by atoms with E-state index in [1.54, 1.807) is 0 Å². The van der Waals surface area contributed by atoms with Gasteiger partial charge < -0.3 is 5.11 Å². The first-order valence-electron chi connectivity index (χ1n) is 9.17. The maximum atomic E-state index is 8.69. The summed E-state index contributed by atoms with van der Waals surface area (Å²) in [6.45, 7) is 7.30. The Hall–Kier alpha value is -0.263. The van der Waals surface area contributed by atoms with E-state index in [0.717, 1.165) is 12.8 Å². The summed E-state index contributed by atoms with van der Waals surface area (Å²) >= 11 is 0. The summed E-state index contributed by atoms with van der Waals surface area (Å²) in [5.74, 6) is 3.36. The van der Waals surface area contributed by atoms with Gasteiger partial charge in [-0.3, -0.25) is 0 Å². The minimum absolute atomic E-state index is 0.365. The molecule has 0 fully saturated rings. The summed E-state index contributed by atoms with van der Waals surface area (Å²) in [5, 5.41) is 8.69. The summed E-state index contributed by atoms with van der Waals surface area (Å²) in [4.78, 5) is 0. The fourth-order valence-corrected chi connectivity index (χ4v) is 3.08. The van der Waals surface area contributed by atoms with Crippen LogP contribution in [0, 0.1) is 11.5 Å². The predicted molar refractivity (Wildman–Crippen MR) is 98.2 cm³/mol. The van der Waals surface area contributed by atoms with Crippen LogP contribution in [-0.4, -0.2) is 19.8 Å². The van der Waals surface area contributed by atoms with Crippen molar-refractivity contribution in [3.8, 4) is 11.5 Å². The lowest BCUT2D eigenvalue weighted by molar-refractivity contribution is 0.282. The van der Waals surface area contributed by atoms with Gasteiger partial charge in [0.2, 0.25) is 0 Å². The molecule has 0 atom stereocenters. The van der Waals surface area contributed by atoms with E-state index in [2.05, 4.69) is 31.1 Å². The lowest BCUT2D eigenvalue weighted by Crippen LogP contribution is -2.16. The minimum atomic E-state index is -1.14. The highest BCUT2D eigenvalue weighted by molar-refractivity contribution is 6.83. The first kappa shape index (κ1) is 20.7. The molecule has 0 rings (SSSR count). The van der Waals surface area contributed by atoms with Gasteiger partial charge in [0.05, 0.1) is 0 Å². The zero-order chi connectivity index (χ0) is 15.8. The molecule has 0 amide bonds. The third-order valence-corrected chi connectivity index (χ3v) is 4.60. The molecule has 0 bridgehead atoms. The molecule has 0 aliphatic rings. The second kappa shape index (κ2) is 14.7. The molecule has 0 aliphatic heterocycles. The largest absolute Gasteiger partial charge is 0.396 e. The SMILES string of the molecule is C[Si](C)(C)C#CCCCCCCCCCCCCCCO. The van der Waals surface area contributed by atoms with Crippen LogP contribution in [0.25, 0.3) is 0 Å². The molecule has 21 heavy (non-hydrogen) atoms. The number of aliphatic hydroxyl groups excluding tert-OH is 1. The quantitative estimate of drug-likeness (QED) is 0.254. The molecule has 124 valence electrons. The molecule has 1 N–H and O–H groups in total. The Morgan fingerprint density at radius 3 is 1.38 bits per heavy atom. The Balaban J connectivity index is 3.10. The van der Waals surface area contributed by atoms with E-state index in [4.69, 9.17) is 5.11 Å². The summed E-state index contributed by atoms with van der Waals surface area (Å²) in [7, 11) is -1.14. The van der Waals surface area contributed by atoms with Crippen molar-refractivity contribution in [2.24, 2.45) is 0 Å². The van der Waals surface area contributed by atoms with Gasteiger partial charge in [-0.2, -0.15) is 0 Å². The smallest absolute Gasteiger partial charge is 0.129 e. The van der Waals surface area contributed by atoms with Crippen molar-refractivity contribution in [3.63, 3.8) is 0 Å². The van der Waals surface area contributed by atoms with Crippen LogP contribution in [0.15, 0.2) is 0 Å². The van der Waals surface area contributed by atoms with Gasteiger partial charge in [0.1, 0.15) is 8.07 Å². The predicted octanol–water partition coefficient (Wildman–Crippen LogP) is 5.93. The average molecular weight is 311 g/mol. The van der Waals surface area contributed by atoms with Crippen molar-refractivity contribution in [2.75, 3.05) is 6.61 Å². The Morgan fingerprint density at radius 1 is 0.619 bits per heavy atom. The average Bonchev–Trinajstić information content (AvgIpc) is 2.42. The molecule has 0 aromatic rings. The van der Waals surface area contributed by atoms with E-state index >= 15 is 0 Å². The van der Waals surface area contributed by atoms with Crippen molar-refractivity contribution < 1.29 is 5.11 Å². The number of unbranched alkanes of at least 4 members (excludes halogenated alkanes) is 12. The van der Waals surface area contributed by atoms with E-state index in [1.807, 2.05) is 0 Å². The molecule has 0 aliphatic carbocycles. The first-order chi connectivity index (χ1) is 10.1. The van der Waals surface area contributed by atoms with Crippen LogP contribution >= 0.6 is 0 Å². The maximum Gasteiger partial charge on any atom is 0.129 e. The van der Waals surface area contributed by atoms with Crippen molar-refractivity contribution in [2.45, 2.75) is 103 Å². The minimum Gasteiger partial charge on any atom is -0.396 e. The van der Waals surface area contributed by atoms with Gasteiger partial charge >= 0.3 is 0 Å². The highest BCUT2D eigenvalue weighted by atomic mass is 28.3. The molecule has 0 heterocycles. The van der Waals surface area contributed by atoms with Gasteiger partial charge in [-0.1, -0.05) is 83.8 Å². The number of hydrogen-bond acceptors (Lipinski definition) is 1. The van der Waals surface area contributed by atoms with Crippen molar-refractivity contribution in [3.05, 3.63) is 0 Å². The first-order valence-corrected chi connectivity index (χ1v) is 12.7. The summed E-state index contributed by atoms with van der Waals surface area (Å²) < 4.78 is 0. The Labute approximate surface area is 134 Å². The lowest BCUT2D eigenvalue weighted by atomic mass is 10.0. The lowest BCUT2D eigenvalue weighted by Gasteiger charge is -2.03. The topological polar surface area (TPSA) is 20.2 Å². The van der Waals surface area contributed by atoms with Crippen LogP contribution in [-0.2, 0) is 0 Å². The molecule has 0 aromatic carbocycles. The molecule has 0 saturated heterocycles. The molecule has 1 nitrogen and oxygen atoms in total. The number of rotatable bonds is 13. The zero-order valence-corrected chi connectivity index (χ0v) is 15.8. The van der Waals surface area contributed by atoms with Crippen molar-refractivity contribution in [1.29, 1.82) is 0 Å². The van der Waals surface area contributed by atoms with Gasteiger partial charge in [-0.05, 0) is 12.8 Å². The van der Waals surface area contributed by atoms with Crippen molar-refractivity contribution in [1.82, 2.24) is 0 Å². The molecule has 0 saturated carbocycles. The van der Waals surface area contributed by atoms with Gasteiger partial charge in [-0.25, -0.2) is 0 Å². The third-order valence-electron chi connectivity index (χ3n) is 3.67. The van der Waals surface area contributed by atoms with Crippen LogP contribution in [0.3, 0.4) is 0 Å². The standard InChI is InChI=1S/C19H38OSi/c1-21(2,3)19-17-15-13-11-9-7-5-4-6-8-10-12-14-16-18-20/h20H,4-16,18H2,1-3H3. The van der Waals surface area contributed by atoms with E-state index in [9.17, 15) is 0 Å². The van der Waals surface area contributed by atoms with E-state index in [-0.39, 0.29) is 0 Å². The molecule has 0 unspecified atom stereocenters. The van der Waals surface area contributed by atoms with Gasteiger partial charge in [-0.15, -0.1) is 11.5 Å². The highest BCUT2D eigenvalue weighted by Gasteiger charge is 2.06. The van der Waals surface area contributed by atoms with Gasteiger partial charge in [0.15, 0.2) is 0 Å². The Morgan fingerprint density at radius 2 is 1.00 bits per heavy atom. The summed E-state index contributed by atoms with van der Waals surface area (Å²) in [6.07, 6.45) is 17.0. The molecule has 2 heteroatoms.